The van der Waals surface area contributed by atoms with E-state index < -0.39 is 9.84 Å². The average molecular weight is 447 g/mol. The fourth-order valence-electron chi connectivity index (χ4n) is 3.04. The van der Waals surface area contributed by atoms with Crippen molar-refractivity contribution in [1.82, 2.24) is 9.88 Å². The first-order chi connectivity index (χ1) is 11.8. The molecule has 8 heteroatoms. The van der Waals surface area contributed by atoms with Gasteiger partial charge in [0.15, 0.2) is 0 Å². The molecule has 1 aromatic carbocycles. The van der Waals surface area contributed by atoms with Crippen LogP contribution in [-0.2, 0) is 9.84 Å². The van der Waals surface area contributed by atoms with Crippen LogP contribution in [0, 0.1) is 0 Å². The lowest BCUT2D eigenvalue weighted by molar-refractivity contribution is 0.230. The van der Waals surface area contributed by atoms with Crippen molar-refractivity contribution in [3.8, 4) is 0 Å². The second-order valence-electron chi connectivity index (χ2n) is 6.55. The Balaban J connectivity index is 1.60. The summed E-state index contributed by atoms with van der Waals surface area (Å²) in [5.74, 6) is 1.05. The first-order valence-electron chi connectivity index (χ1n) is 8.22. The summed E-state index contributed by atoms with van der Waals surface area (Å²) >= 11 is 9.73. The molecule has 25 heavy (non-hydrogen) atoms. The highest BCUT2D eigenvalue weighted by atomic mass is 79.9. The minimum absolute atomic E-state index is 0.228. The Bertz CT molecular complexity index is 868. The van der Waals surface area contributed by atoms with Crippen molar-refractivity contribution < 1.29 is 8.42 Å². The number of rotatable bonds is 5. The number of benzene rings is 1. The van der Waals surface area contributed by atoms with Crippen LogP contribution < -0.4 is 5.32 Å². The van der Waals surface area contributed by atoms with E-state index in [2.05, 4.69) is 31.1 Å². The SMILES string of the molecule is CS(=O)(=O)CCN1CCC(Nc2ccc3cc(Br)cc(Cl)c3n2)CC1. The summed E-state index contributed by atoms with van der Waals surface area (Å²) in [4.78, 5) is 6.85. The predicted octanol–water partition coefficient (Wildman–Crippen LogP) is 3.57. The number of hydrogen-bond donors (Lipinski definition) is 1. The molecule has 0 aliphatic carbocycles. The van der Waals surface area contributed by atoms with Crippen molar-refractivity contribution in [2.45, 2.75) is 18.9 Å². The molecule has 1 saturated heterocycles. The zero-order chi connectivity index (χ0) is 18.0. The number of aromatic nitrogens is 1. The lowest BCUT2D eigenvalue weighted by atomic mass is 10.1. The van der Waals surface area contributed by atoms with E-state index in [0.717, 1.165) is 47.1 Å². The van der Waals surface area contributed by atoms with E-state index in [9.17, 15) is 8.42 Å². The number of nitrogens with one attached hydrogen (secondary N) is 1. The minimum atomic E-state index is -2.90. The van der Waals surface area contributed by atoms with Gasteiger partial charge in [0.2, 0.25) is 0 Å². The number of hydrogen-bond acceptors (Lipinski definition) is 5. The van der Waals surface area contributed by atoms with Crippen molar-refractivity contribution in [3.05, 3.63) is 33.8 Å². The quantitative estimate of drug-likeness (QED) is 0.761. The van der Waals surface area contributed by atoms with Crippen LogP contribution in [0.2, 0.25) is 5.02 Å². The van der Waals surface area contributed by atoms with Gasteiger partial charge in [-0.2, -0.15) is 0 Å². The average Bonchev–Trinajstić information content (AvgIpc) is 2.54. The number of piperidine rings is 1. The Hall–Kier alpha value is -0.890. The maximum Gasteiger partial charge on any atom is 0.148 e. The molecular weight excluding hydrogens is 426 g/mol. The van der Waals surface area contributed by atoms with Gasteiger partial charge >= 0.3 is 0 Å². The fraction of sp³-hybridized carbons (Fsp3) is 0.471. The second-order valence-corrected chi connectivity index (χ2v) is 10.1. The number of sulfone groups is 1. The Morgan fingerprint density at radius 3 is 2.72 bits per heavy atom. The molecule has 0 unspecified atom stereocenters. The summed E-state index contributed by atoms with van der Waals surface area (Å²) in [5.41, 5.74) is 0.792. The van der Waals surface area contributed by atoms with Crippen LogP contribution in [0.4, 0.5) is 5.82 Å². The van der Waals surface area contributed by atoms with Crippen molar-refractivity contribution in [1.29, 1.82) is 0 Å². The van der Waals surface area contributed by atoms with Crippen molar-refractivity contribution in [2.24, 2.45) is 0 Å². The summed E-state index contributed by atoms with van der Waals surface area (Å²) < 4.78 is 23.5. The first-order valence-corrected chi connectivity index (χ1v) is 11.5. The van der Waals surface area contributed by atoms with Gasteiger partial charge in [-0.3, -0.25) is 0 Å². The Morgan fingerprint density at radius 2 is 2.04 bits per heavy atom. The lowest BCUT2D eigenvalue weighted by Gasteiger charge is -2.32. The van der Waals surface area contributed by atoms with Crippen LogP contribution in [-0.4, -0.2) is 56.0 Å². The molecule has 0 bridgehead atoms. The van der Waals surface area contributed by atoms with Gasteiger partial charge < -0.3 is 10.2 Å². The Kier molecular flexibility index (Phi) is 5.88. The van der Waals surface area contributed by atoms with E-state index in [0.29, 0.717) is 17.6 Å². The number of pyridine rings is 1. The molecule has 2 aromatic rings. The third-order valence-electron chi connectivity index (χ3n) is 4.43. The standard InChI is InChI=1S/C17H21BrClN3O2S/c1-25(23,24)9-8-22-6-4-14(5-7-22)20-16-3-2-12-10-13(18)11-15(19)17(12)21-16/h2-3,10-11,14H,4-9H2,1H3,(H,20,21). The summed E-state index contributed by atoms with van der Waals surface area (Å²) in [5, 5.41) is 5.11. The third-order valence-corrected chi connectivity index (χ3v) is 6.10. The van der Waals surface area contributed by atoms with E-state index in [4.69, 9.17) is 11.6 Å². The van der Waals surface area contributed by atoms with Crippen LogP contribution in [0.1, 0.15) is 12.8 Å². The van der Waals surface area contributed by atoms with Gasteiger partial charge in [-0.25, -0.2) is 13.4 Å². The molecular formula is C17H21BrClN3O2S. The molecule has 3 rings (SSSR count). The van der Waals surface area contributed by atoms with E-state index >= 15 is 0 Å². The molecule has 136 valence electrons. The smallest absolute Gasteiger partial charge is 0.148 e. The normalized spacial score (nSPS) is 17.1. The van der Waals surface area contributed by atoms with Crippen molar-refractivity contribution >= 4 is 54.1 Å². The molecule has 2 heterocycles. The molecule has 0 atom stereocenters. The van der Waals surface area contributed by atoms with E-state index in [1.165, 1.54) is 6.26 Å². The van der Waals surface area contributed by atoms with Gasteiger partial charge in [-0.15, -0.1) is 0 Å². The molecule has 0 saturated carbocycles. The Labute approximate surface area is 161 Å². The maximum absolute atomic E-state index is 11.3. The monoisotopic (exact) mass is 445 g/mol. The van der Waals surface area contributed by atoms with Gasteiger partial charge in [0, 0.05) is 41.8 Å². The van der Waals surface area contributed by atoms with Gasteiger partial charge in [0.25, 0.3) is 0 Å². The summed E-state index contributed by atoms with van der Waals surface area (Å²) in [6.07, 6.45) is 3.23. The van der Waals surface area contributed by atoms with Crippen LogP contribution in [0.3, 0.4) is 0 Å². The summed E-state index contributed by atoms with van der Waals surface area (Å²) in [6, 6.07) is 8.18. The molecule has 0 spiro atoms. The van der Waals surface area contributed by atoms with Gasteiger partial charge in [-0.1, -0.05) is 27.5 Å². The second kappa shape index (κ2) is 7.78. The van der Waals surface area contributed by atoms with Crippen LogP contribution in [0.5, 0.6) is 0 Å². The van der Waals surface area contributed by atoms with Gasteiger partial charge in [0.05, 0.1) is 16.3 Å². The molecule has 1 fully saturated rings. The third kappa shape index (κ3) is 5.29. The van der Waals surface area contributed by atoms with Gasteiger partial charge in [-0.05, 0) is 37.1 Å². The van der Waals surface area contributed by atoms with Crippen LogP contribution in [0.25, 0.3) is 10.9 Å². The van der Waals surface area contributed by atoms with Crippen molar-refractivity contribution in [3.63, 3.8) is 0 Å². The molecule has 1 aliphatic heterocycles. The minimum Gasteiger partial charge on any atom is -0.367 e. The fourth-order valence-corrected chi connectivity index (χ4v) is 4.51. The largest absolute Gasteiger partial charge is 0.367 e. The predicted molar refractivity (Wildman–Crippen MR) is 107 cm³/mol. The number of likely N-dealkylation sites (tertiary alicyclic amines) is 1. The Morgan fingerprint density at radius 1 is 1.32 bits per heavy atom. The highest BCUT2D eigenvalue weighted by molar-refractivity contribution is 9.10. The molecule has 1 N–H and O–H groups in total. The van der Waals surface area contributed by atoms with E-state index in [1.807, 2.05) is 24.3 Å². The van der Waals surface area contributed by atoms with E-state index in [1.54, 1.807) is 0 Å². The number of halogens is 2. The number of nitrogens with zero attached hydrogens (tertiary/aromatic N) is 2. The first kappa shape index (κ1) is 18.9. The molecule has 1 aromatic heterocycles. The zero-order valence-corrected chi connectivity index (χ0v) is 17.2. The summed E-state index contributed by atoms with van der Waals surface area (Å²) in [7, 11) is -2.90. The zero-order valence-electron chi connectivity index (χ0n) is 14.0. The summed E-state index contributed by atoms with van der Waals surface area (Å²) in [6.45, 7) is 2.41. The topological polar surface area (TPSA) is 62.3 Å². The highest BCUT2D eigenvalue weighted by Crippen LogP contribution is 2.28. The van der Waals surface area contributed by atoms with Crippen LogP contribution >= 0.6 is 27.5 Å². The molecule has 1 aliphatic rings. The van der Waals surface area contributed by atoms with E-state index in [-0.39, 0.29) is 5.75 Å². The highest BCUT2D eigenvalue weighted by Gasteiger charge is 2.20. The van der Waals surface area contributed by atoms with Crippen molar-refractivity contribution in [2.75, 3.05) is 37.0 Å². The number of anilines is 1. The maximum atomic E-state index is 11.3. The van der Waals surface area contributed by atoms with Crippen LogP contribution in [0.15, 0.2) is 28.7 Å². The van der Waals surface area contributed by atoms with Gasteiger partial charge in [0.1, 0.15) is 15.7 Å². The molecule has 0 radical (unpaired) electrons. The lowest BCUT2D eigenvalue weighted by Crippen LogP contribution is -2.41. The number of fused-ring (bicyclic) bond motifs is 1. The molecule has 5 nitrogen and oxygen atoms in total. The molecule has 0 amide bonds.